The quantitative estimate of drug-likeness (QED) is 0.899. The van der Waals surface area contributed by atoms with Crippen molar-refractivity contribution in [1.29, 1.82) is 0 Å². The monoisotopic (exact) mass is 338 g/mol. The Balaban J connectivity index is 2.00. The Kier molecular flexibility index (Phi) is 4.80. The minimum absolute atomic E-state index is 0.0109. The second-order valence-electron chi connectivity index (χ2n) is 6.07. The van der Waals surface area contributed by atoms with Crippen molar-refractivity contribution in [2.45, 2.75) is 51.1 Å². The van der Waals surface area contributed by atoms with Gasteiger partial charge in [-0.25, -0.2) is 18.7 Å². The molecule has 7 heteroatoms. The summed E-state index contributed by atoms with van der Waals surface area (Å²) in [5.74, 6) is -3.05. The molecule has 5 nitrogen and oxygen atoms in total. The molecule has 1 aromatic carbocycles. The highest BCUT2D eigenvalue weighted by atomic mass is 19.3. The number of halogens is 2. The van der Waals surface area contributed by atoms with E-state index in [0.717, 1.165) is 11.1 Å². The van der Waals surface area contributed by atoms with Gasteiger partial charge in [0.1, 0.15) is 0 Å². The number of hydrogen-bond acceptors (Lipinski definition) is 4. The van der Waals surface area contributed by atoms with Gasteiger partial charge in [0, 0.05) is 25.0 Å². The first-order chi connectivity index (χ1) is 11.5. The summed E-state index contributed by atoms with van der Waals surface area (Å²) in [6.07, 6.45) is 0.536. The van der Waals surface area contributed by atoms with E-state index in [-0.39, 0.29) is 24.7 Å². The SMILES string of the molecule is CCOCc1cccc(C2CCC(F)(F)CC2)c1-c1n[nH]c(=O)o1. The third-order valence-electron chi connectivity index (χ3n) is 4.45. The van der Waals surface area contributed by atoms with Gasteiger partial charge in [-0.3, -0.25) is 0 Å². The number of alkyl halides is 2. The minimum Gasteiger partial charge on any atom is -0.388 e. The maximum Gasteiger partial charge on any atom is 0.434 e. The first-order valence-corrected chi connectivity index (χ1v) is 8.13. The number of H-pyrrole nitrogens is 1. The van der Waals surface area contributed by atoms with Crippen LogP contribution in [0.4, 0.5) is 8.78 Å². The Morgan fingerprint density at radius 3 is 2.75 bits per heavy atom. The lowest BCUT2D eigenvalue weighted by Gasteiger charge is -2.29. The summed E-state index contributed by atoms with van der Waals surface area (Å²) in [5, 5.41) is 6.19. The summed E-state index contributed by atoms with van der Waals surface area (Å²) in [6, 6.07) is 5.65. The molecule has 1 N–H and O–H groups in total. The summed E-state index contributed by atoms with van der Waals surface area (Å²) in [4.78, 5) is 11.3. The van der Waals surface area contributed by atoms with Crippen molar-refractivity contribution in [1.82, 2.24) is 10.2 Å². The van der Waals surface area contributed by atoms with Crippen LogP contribution in [0.15, 0.2) is 27.4 Å². The maximum absolute atomic E-state index is 13.5. The fourth-order valence-corrected chi connectivity index (χ4v) is 3.24. The molecule has 1 fully saturated rings. The highest BCUT2D eigenvalue weighted by molar-refractivity contribution is 5.64. The molecule has 1 aliphatic rings. The van der Waals surface area contributed by atoms with Crippen LogP contribution in [0, 0.1) is 0 Å². The third-order valence-corrected chi connectivity index (χ3v) is 4.45. The molecule has 0 atom stereocenters. The van der Waals surface area contributed by atoms with Gasteiger partial charge in [0.05, 0.1) is 6.61 Å². The Hall–Kier alpha value is -2.02. The van der Waals surface area contributed by atoms with Crippen LogP contribution >= 0.6 is 0 Å². The fourth-order valence-electron chi connectivity index (χ4n) is 3.24. The molecule has 1 heterocycles. The van der Waals surface area contributed by atoms with Crippen molar-refractivity contribution >= 4 is 0 Å². The number of nitrogens with zero attached hydrogens (tertiary/aromatic N) is 1. The Labute approximate surface area is 138 Å². The van der Waals surface area contributed by atoms with Crippen molar-refractivity contribution in [2.75, 3.05) is 6.61 Å². The lowest BCUT2D eigenvalue weighted by atomic mass is 9.79. The molecule has 1 saturated carbocycles. The van der Waals surface area contributed by atoms with Gasteiger partial charge in [0.25, 0.3) is 0 Å². The molecule has 0 unspecified atom stereocenters. The van der Waals surface area contributed by atoms with E-state index in [2.05, 4.69) is 10.2 Å². The van der Waals surface area contributed by atoms with Gasteiger partial charge in [-0.15, -0.1) is 5.10 Å². The second kappa shape index (κ2) is 6.84. The van der Waals surface area contributed by atoms with E-state index in [1.165, 1.54) is 0 Å². The normalized spacial score (nSPS) is 18.0. The van der Waals surface area contributed by atoms with Gasteiger partial charge < -0.3 is 9.15 Å². The Bertz CT molecular complexity index is 744. The predicted octanol–water partition coefficient (Wildman–Crippen LogP) is 3.86. The molecule has 1 aromatic heterocycles. The summed E-state index contributed by atoms with van der Waals surface area (Å²) in [5.41, 5.74) is 2.40. The second-order valence-corrected chi connectivity index (χ2v) is 6.07. The van der Waals surface area contributed by atoms with Gasteiger partial charge in [0.2, 0.25) is 11.8 Å². The molecule has 0 aliphatic heterocycles. The topological polar surface area (TPSA) is 68.1 Å². The summed E-state index contributed by atoms with van der Waals surface area (Å²) >= 11 is 0. The molecule has 130 valence electrons. The number of ether oxygens (including phenoxy) is 1. The van der Waals surface area contributed by atoms with E-state index < -0.39 is 11.7 Å². The first kappa shape index (κ1) is 16.8. The summed E-state index contributed by atoms with van der Waals surface area (Å²) < 4.78 is 37.6. The van der Waals surface area contributed by atoms with Gasteiger partial charge in [0.15, 0.2) is 0 Å². The predicted molar refractivity (Wildman–Crippen MR) is 84.0 cm³/mol. The molecule has 0 radical (unpaired) electrons. The van der Waals surface area contributed by atoms with Gasteiger partial charge >= 0.3 is 5.76 Å². The number of benzene rings is 1. The van der Waals surface area contributed by atoms with Crippen LogP contribution in [-0.4, -0.2) is 22.7 Å². The van der Waals surface area contributed by atoms with Crippen molar-refractivity contribution in [3.8, 4) is 11.5 Å². The van der Waals surface area contributed by atoms with Crippen LogP contribution in [0.2, 0.25) is 0 Å². The molecule has 24 heavy (non-hydrogen) atoms. The molecular formula is C17H20F2N2O3. The van der Waals surface area contributed by atoms with Crippen molar-refractivity contribution in [2.24, 2.45) is 0 Å². The number of aromatic amines is 1. The highest BCUT2D eigenvalue weighted by Crippen LogP contribution is 2.44. The fraction of sp³-hybridized carbons (Fsp3) is 0.529. The van der Waals surface area contributed by atoms with Crippen molar-refractivity contribution < 1.29 is 17.9 Å². The van der Waals surface area contributed by atoms with Crippen LogP contribution in [0.1, 0.15) is 49.7 Å². The number of hydrogen-bond donors (Lipinski definition) is 1. The molecular weight excluding hydrogens is 318 g/mol. The van der Waals surface area contributed by atoms with Crippen LogP contribution in [0.3, 0.4) is 0 Å². The standard InChI is InChI=1S/C17H20F2N2O3/c1-2-23-10-12-4-3-5-13(11-6-8-17(18,19)9-7-11)14(12)15-20-21-16(22)24-15/h3-5,11H,2,6-10H2,1H3,(H,21,22). The largest absolute Gasteiger partial charge is 0.434 e. The van der Waals surface area contributed by atoms with E-state index in [4.69, 9.17) is 9.15 Å². The third kappa shape index (κ3) is 3.56. The van der Waals surface area contributed by atoms with Crippen LogP contribution < -0.4 is 5.76 Å². The first-order valence-electron chi connectivity index (χ1n) is 8.13. The smallest absolute Gasteiger partial charge is 0.388 e. The average molecular weight is 338 g/mol. The number of aromatic nitrogens is 2. The highest BCUT2D eigenvalue weighted by Gasteiger charge is 2.36. The zero-order valence-electron chi connectivity index (χ0n) is 13.5. The molecule has 1 aliphatic carbocycles. The lowest BCUT2D eigenvalue weighted by molar-refractivity contribution is -0.0382. The van der Waals surface area contributed by atoms with E-state index in [0.29, 0.717) is 31.6 Å². The molecule has 3 rings (SSSR count). The summed E-state index contributed by atoms with van der Waals surface area (Å²) in [6.45, 7) is 2.78. The summed E-state index contributed by atoms with van der Waals surface area (Å²) in [7, 11) is 0. The Morgan fingerprint density at radius 1 is 1.38 bits per heavy atom. The number of rotatable bonds is 5. The zero-order chi connectivity index (χ0) is 17.2. The molecule has 0 spiro atoms. The zero-order valence-corrected chi connectivity index (χ0v) is 13.5. The van der Waals surface area contributed by atoms with Crippen molar-refractivity contribution in [3.05, 3.63) is 39.9 Å². The Morgan fingerprint density at radius 2 is 2.12 bits per heavy atom. The van der Waals surface area contributed by atoms with Gasteiger partial charge in [-0.2, -0.15) is 0 Å². The van der Waals surface area contributed by atoms with E-state index in [1.54, 1.807) is 0 Å². The maximum atomic E-state index is 13.5. The van der Waals surface area contributed by atoms with Crippen molar-refractivity contribution in [3.63, 3.8) is 0 Å². The molecule has 0 saturated heterocycles. The van der Waals surface area contributed by atoms with Crippen LogP contribution in [-0.2, 0) is 11.3 Å². The molecule has 2 aromatic rings. The minimum atomic E-state index is -2.58. The van der Waals surface area contributed by atoms with Gasteiger partial charge in [-0.05, 0) is 36.8 Å². The average Bonchev–Trinajstić information content (AvgIpc) is 2.98. The van der Waals surface area contributed by atoms with E-state index >= 15 is 0 Å². The molecule has 0 amide bonds. The lowest BCUT2D eigenvalue weighted by Crippen LogP contribution is -2.24. The number of nitrogens with one attached hydrogen (secondary N) is 1. The van der Waals surface area contributed by atoms with Crippen LogP contribution in [0.25, 0.3) is 11.5 Å². The van der Waals surface area contributed by atoms with Crippen LogP contribution in [0.5, 0.6) is 0 Å². The van der Waals surface area contributed by atoms with E-state index in [9.17, 15) is 13.6 Å². The molecule has 0 bridgehead atoms. The van der Waals surface area contributed by atoms with E-state index in [1.807, 2.05) is 25.1 Å². The van der Waals surface area contributed by atoms with Gasteiger partial charge in [-0.1, -0.05) is 18.2 Å².